The van der Waals surface area contributed by atoms with Crippen molar-refractivity contribution in [3.05, 3.63) is 99.9 Å². The number of likely N-dealkylation sites (tertiary alicyclic amines) is 1. The van der Waals surface area contributed by atoms with Crippen molar-refractivity contribution < 1.29 is 14.1 Å². The van der Waals surface area contributed by atoms with Gasteiger partial charge in [-0.15, -0.1) is 0 Å². The van der Waals surface area contributed by atoms with E-state index in [1.165, 1.54) is 0 Å². The van der Waals surface area contributed by atoms with Crippen molar-refractivity contribution in [1.82, 2.24) is 20.4 Å². The van der Waals surface area contributed by atoms with Gasteiger partial charge in [-0.05, 0) is 61.7 Å². The highest BCUT2D eigenvalue weighted by molar-refractivity contribution is 6.36. The predicted molar refractivity (Wildman–Crippen MR) is 155 cm³/mol. The molecule has 1 fully saturated rings. The summed E-state index contributed by atoms with van der Waals surface area (Å²) in [6, 6.07) is 22.2. The quantitative estimate of drug-likeness (QED) is 0.258. The Morgan fingerprint density at radius 1 is 1.02 bits per heavy atom. The van der Waals surface area contributed by atoms with Crippen molar-refractivity contribution in [1.29, 1.82) is 0 Å². The summed E-state index contributed by atoms with van der Waals surface area (Å²) in [4.78, 5) is 32.8. The maximum absolute atomic E-state index is 13.2. The van der Waals surface area contributed by atoms with Gasteiger partial charge in [-0.1, -0.05) is 70.8 Å². The highest BCUT2D eigenvalue weighted by Gasteiger charge is 2.28. The average Bonchev–Trinajstić information content (AvgIpc) is 3.42. The van der Waals surface area contributed by atoms with E-state index in [1.54, 1.807) is 36.4 Å². The van der Waals surface area contributed by atoms with Crippen LogP contribution in [0, 0.1) is 5.92 Å². The second-order valence-electron chi connectivity index (χ2n) is 9.74. The van der Waals surface area contributed by atoms with Crippen LogP contribution in [0.3, 0.4) is 0 Å². The lowest BCUT2D eigenvalue weighted by Gasteiger charge is -2.31. The number of benzene rings is 3. The van der Waals surface area contributed by atoms with Gasteiger partial charge in [0.2, 0.25) is 17.6 Å². The van der Waals surface area contributed by atoms with Crippen molar-refractivity contribution in [2.24, 2.45) is 5.92 Å². The molecule has 0 bridgehead atoms. The zero-order chi connectivity index (χ0) is 27.9. The van der Waals surface area contributed by atoms with Crippen molar-refractivity contribution in [3.63, 3.8) is 0 Å². The van der Waals surface area contributed by atoms with Crippen LogP contribution >= 0.6 is 23.2 Å². The molecule has 0 saturated carbocycles. The molecule has 1 aliphatic rings. The Kier molecular flexibility index (Phi) is 9.11. The standard InChI is InChI=1S/C30H29Cl2N5O3/c31-22-12-13-23(25(32)17-22)28-35-27(40-36-28)19-37-16-6-9-21(18-37)29(38)34-26-11-5-4-10-24(26)30(39)33-15-14-20-7-2-1-3-8-20/h1-5,7-8,10-13,17,21H,6,9,14-16,18-19H2,(H,33,39)(H,34,38). The Labute approximate surface area is 242 Å². The highest BCUT2D eigenvalue weighted by atomic mass is 35.5. The smallest absolute Gasteiger partial charge is 0.253 e. The number of nitrogens with one attached hydrogen (secondary N) is 2. The summed E-state index contributed by atoms with van der Waals surface area (Å²) in [5, 5.41) is 11.0. The van der Waals surface area contributed by atoms with Gasteiger partial charge in [0.1, 0.15) is 0 Å². The topological polar surface area (TPSA) is 100 Å². The number of amides is 2. The van der Waals surface area contributed by atoms with Crippen molar-refractivity contribution in [3.8, 4) is 11.4 Å². The fraction of sp³-hybridized carbons (Fsp3) is 0.267. The van der Waals surface area contributed by atoms with E-state index in [2.05, 4.69) is 25.7 Å². The molecule has 1 aromatic heterocycles. The first-order chi connectivity index (χ1) is 19.5. The van der Waals surface area contributed by atoms with Crippen LogP contribution in [0.25, 0.3) is 11.4 Å². The maximum atomic E-state index is 13.2. The fourth-order valence-corrected chi connectivity index (χ4v) is 5.28. The monoisotopic (exact) mass is 577 g/mol. The molecule has 4 aromatic rings. The number of piperidine rings is 1. The number of rotatable bonds is 9. The first-order valence-electron chi connectivity index (χ1n) is 13.2. The zero-order valence-corrected chi connectivity index (χ0v) is 23.3. The molecule has 3 aromatic carbocycles. The molecule has 0 aliphatic carbocycles. The lowest BCUT2D eigenvalue weighted by atomic mass is 9.96. The lowest BCUT2D eigenvalue weighted by Crippen LogP contribution is -2.40. The van der Waals surface area contributed by atoms with Gasteiger partial charge < -0.3 is 15.2 Å². The average molecular weight is 579 g/mol. The second kappa shape index (κ2) is 13.1. The van der Waals surface area contributed by atoms with Crippen molar-refractivity contribution >= 4 is 40.7 Å². The largest absolute Gasteiger partial charge is 0.352 e. The maximum Gasteiger partial charge on any atom is 0.253 e. The Morgan fingerprint density at radius 2 is 1.82 bits per heavy atom. The van der Waals surface area contributed by atoms with E-state index in [4.69, 9.17) is 27.7 Å². The van der Waals surface area contributed by atoms with Gasteiger partial charge >= 0.3 is 0 Å². The number of halogens is 2. The molecule has 1 unspecified atom stereocenters. The van der Waals surface area contributed by atoms with Crippen molar-refractivity contribution in [2.75, 3.05) is 25.0 Å². The molecular weight excluding hydrogens is 549 g/mol. The number of para-hydroxylation sites is 1. The third-order valence-electron chi connectivity index (χ3n) is 6.85. The molecule has 10 heteroatoms. The molecule has 2 amide bonds. The molecule has 5 rings (SSSR count). The Morgan fingerprint density at radius 3 is 2.65 bits per heavy atom. The van der Waals surface area contributed by atoms with Gasteiger partial charge in [0.05, 0.1) is 28.7 Å². The van der Waals surface area contributed by atoms with Gasteiger partial charge in [-0.3, -0.25) is 14.5 Å². The van der Waals surface area contributed by atoms with Crippen LogP contribution < -0.4 is 10.6 Å². The molecular formula is C30H29Cl2N5O3. The van der Waals surface area contributed by atoms with Gasteiger partial charge in [-0.2, -0.15) is 4.98 Å². The molecule has 8 nitrogen and oxygen atoms in total. The molecule has 0 spiro atoms. The van der Waals surface area contributed by atoms with Crippen LogP contribution in [0.5, 0.6) is 0 Å². The van der Waals surface area contributed by atoms with E-state index in [0.29, 0.717) is 58.2 Å². The van der Waals surface area contributed by atoms with E-state index in [-0.39, 0.29) is 17.7 Å². The third-order valence-corrected chi connectivity index (χ3v) is 7.39. The summed E-state index contributed by atoms with van der Waals surface area (Å²) in [5.41, 5.74) is 2.73. The summed E-state index contributed by atoms with van der Waals surface area (Å²) < 4.78 is 5.46. The van der Waals surface area contributed by atoms with Gasteiger partial charge in [-0.25, -0.2) is 0 Å². The summed E-state index contributed by atoms with van der Waals surface area (Å²) in [7, 11) is 0. The number of carbonyl (C=O) groups excluding carboxylic acids is 2. The first kappa shape index (κ1) is 27.8. The molecule has 206 valence electrons. The summed E-state index contributed by atoms with van der Waals surface area (Å²) in [5.74, 6) is 0.260. The van der Waals surface area contributed by atoms with Gasteiger partial charge in [0.25, 0.3) is 5.91 Å². The first-order valence-corrected chi connectivity index (χ1v) is 13.9. The van der Waals surface area contributed by atoms with Gasteiger partial charge in [0, 0.05) is 23.7 Å². The van der Waals surface area contributed by atoms with Gasteiger partial charge in [0.15, 0.2) is 0 Å². The van der Waals surface area contributed by atoms with Crippen LogP contribution in [-0.2, 0) is 17.8 Å². The minimum absolute atomic E-state index is 0.117. The van der Waals surface area contributed by atoms with E-state index < -0.39 is 0 Å². The van der Waals surface area contributed by atoms with E-state index in [9.17, 15) is 9.59 Å². The molecule has 1 aliphatic heterocycles. The minimum atomic E-state index is -0.240. The van der Waals surface area contributed by atoms with Crippen LogP contribution in [0.15, 0.2) is 77.3 Å². The number of hydrogen-bond donors (Lipinski definition) is 2. The number of nitrogens with zero attached hydrogens (tertiary/aromatic N) is 3. The molecule has 1 atom stereocenters. The van der Waals surface area contributed by atoms with E-state index >= 15 is 0 Å². The Balaban J connectivity index is 1.17. The molecule has 1 saturated heterocycles. The summed E-state index contributed by atoms with van der Waals surface area (Å²) in [6.07, 6.45) is 2.33. The lowest BCUT2D eigenvalue weighted by molar-refractivity contribution is -0.121. The van der Waals surface area contributed by atoms with Crippen LogP contribution in [0.1, 0.15) is 34.7 Å². The highest BCUT2D eigenvalue weighted by Crippen LogP contribution is 2.29. The fourth-order valence-electron chi connectivity index (χ4n) is 4.79. The second-order valence-corrected chi connectivity index (χ2v) is 10.6. The molecule has 2 heterocycles. The molecule has 0 radical (unpaired) electrons. The third kappa shape index (κ3) is 7.07. The number of carbonyl (C=O) groups is 2. The summed E-state index contributed by atoms with van der Waals surface area (Å²) >= 11 is 12.3. The predicted octanol–water partition coefficient (Wildman–Crippen LogP) is 5.87. The number of hydrogen-bond acceptors (Lipinski definition) is 6. The van der Waals surface area contributed by atoms with E-state index in [0.717, 1.165) is 31.4 Å². The van der Waals surface area contributed by atoms with Crippen LogP contribution in [0.4, 0.5) is 5.69 Å². The molecule has 2 N–H and O–H groups in total. The minimum Gasteiger partial charge on any atom is -0.352 e. The van der Waals surface area contributed by atoms with Crippen LogP contribution in [-0.4, -0.2) is 46.5 Å². The number of anilines is 1. The molecule has 40 heavy (non-hydrogen) atoms. The van der Waals surface area contributed by atoms with E-state index in [1.807, 2.05) is 36.4 Å². The zero-order valence-electron chi connectivity index (χ0n) is 21.8. The SMILES string of the molecule is O=C(NCCc1ccccc1)c1ccccc1NC(=O)C1CCCN(Cc2nc(-c3ccc(Cl)cc3Cl)no2)C1. The summed E-state index contributed by atoms with van der Waals surface area (Å²) in [6.45, 7) is 2.27. The Bertz CT molecular complexity index is 1480. The van der Waals surface area contributed by atoms with Crippen LogP contribution in [0.2, 0.25) is 10.0 Å². The Hall–Kier alpha value is -3.72. The normalized spacial score (nSPS) is 15.5. The number of aromatic nitrogens is 2. The van der Waals surface area contributed by atoms with Crippen molar-refractivity contribution in [2.45, 2.75) is 25.8 Å².